The molecule has 0 fully saturated rings. The summed E-state index contributed by atoms with van der Waals surface area (Å²) in [6, 6.07) is -0.925. The largest absolute Gasteiger partial charge is 0.480 e. The van der Waals surface area contributed by atoms with E-state index in [4.69, 9.17) is 5.11 Å². The number of carboxylic acids is 1. The Morgan fingerprint density at radius 2 is 2.11 bits per heavy atom. The Kier molecular flexibility index (Phi) is 3.69. The van der Waals surface area contributed by atoms with Crippen LogP contribution in [0.4, 0.5) is 0 Å². The fourth-order valence-electron chi connectivity index (χ4n) is 1.88. The molecule has 2 aromatic heterocycles. The molecule has 0 aliphatic carbocycles. The Bertz CT molecular complexity index is 718. The van der Waals surface area contributed by atoms with Crippen LogP contribution >= 0.6 is 23.1 Å². The fraction of sp³-hybridized carbons (Fsp3) is 0.417. The monoisotopic (exact) mass is 298 g/mol. The van der Waals surface area contributed by atoms with E-state index in [0.717, 1.165) is 10.4 Å². The van der Waals surface area contributed by atoms with Gasteiger partial charge in [-0.2, -0.15) is 0 Å². The second-order valence-electron chi connectivity index (χ2n) is 4.25. The minimum atomic E-state index is -1.04. The first-order valence-electron chi connectivity index (χ1n) is 5.67. The van der Waals surface area contributed by atoms with E-state index < -0.39 is 12.0 Å². The highest BCUT2D eigenvalue weighted by atomic mass is 32.2. The van der Waals surface area contributed by atoms with Crippen LogP contribution in [0.3, 0.4) is 0 Å². The van der Waals surface area contributed by atoms with Crippen molar-refractivity contribution in [2.75, 3.05) is 6.26 Å². The molecule has 19 heavy (non-hydrogen) atoms. The van der Waals surface area contributed by atoms with Crippen molar-refractivity contribution in [3.63, 3.8) is 0 Å². The van der Waals surface area contributed by atoms with Crippen molar-refractivity contribution >= 4 is 39.3 Å². The molecule has 0 bridgehead atoms. The average molecular weight is 298 g/mol. The minimum absolute atomic E-state index is 0.272. The third kappa shape index (κ3) is 2.17. The highest BCUT2D eigenvalue weighted by Crippen LogP contribution is 2.28. The maximum Gasteiger partial charge on any atom is 0.326 e. The zero-order chi connectivity index (χ0) is 14.3. The van der Waals surface area contributed by atoms with Gasteiger partial charge in [-0.3, -0.25) is 9.36 Å². The maximum absolute atomic E-state index is 12.5. The zero-order valence-corrected chi connectivity index (χ0v) is 12.7. The molecule has 0 aromatic carbocycles. The number of aromatic nitrogens is 2. The van der Waals surface area contributed by atoms with Crippen LogP contribution in [0.1, 0.15) is 23.4 Å². The summed E-state index contributed by atoms with van der Waals surface area (Å²) in [6.45, 7) is 5.29. The van der Waals surface area contributed by atoms with E-state index in [2.05, 4.69) is 4.98 Å². The second-order valence-corrected chi connectivity index (χ2v) is 6.23. The van der Waals surface area contributed by atoms with Gasteiger partial charge in [-0.15, -0.1) is 11.3 Å². The Labute approximate surface area is 118 Å². The lowest BCUT2D eigenvalue weighted by molar-refractivity contribution is -0.140. The average Bonchev–Trinajstić information content (AvgIpc) is 2.64. The molecular weight excluding hydrogens is 284 g/mol. The Morgan fingerprint density at radius 3 is 2.63 bits per heavy atom. The molecule has 1 atom stereocenters. The van der Waals surface area contributed by atoms with Crippen LogP contribution in [-0.2, 0) is 4.79 Å². The van der Waals surface area contributed by atoms with Gasteiger partial charge >= 0.3 is 5.97 Å². The van der Waals surface area contributed by atoms with Crippen molar-refractivity contribution in [3.05, 3.63) is 20.8 Å². The van der Waals surface area contributed by atoms with Gasteiger partial charge < -0.3 is 5.11 Å². The van der Waals surface area contributed by atoms with E-state index in [1.807, 2.05) is 13.8 Å². The molecule has 1 N–H and O–H groups in total. The molecule has 2 aromatic rings. The van der Waals surface area contributed by atoms with Crippen LogP contribution in [-0.4, -0.2) is 26.9 Å². The molecule has 2 rings (SSSR count). The van der Waals surface area contributed by atoms with Gasteiger partial charge in [0.1, 0.15) is 10.9 Å². The van der Waals surface area contributed by atoms with Gasteiger partial charge in [0, 0.05) is 4.88 Å². The number of hydrogen-bond acceptors (Lipinski definition) is 5. The predicted octanol–water partition coefficient (Wildman–Crippen LogP) is 2.44. The zero-order valence-electron chi connectivity index (χ0n) is 11.1. The molecule has 0 aliphatic heterocycles. The van der Waals surface area contributed by atoms with Gasteiger partial charge in [0.2, 0.25) is 0 Å². The number of rotatable bonds is 3. The lowest BCUT2D eigenvalue weighted by Crippen LogP contribution is -2.30. The number of hydrogen-bond donors (Lipinski definition) is 1. The number of nitrogens with zero attached hydrogens (tertiary/aromatic N) is 2. The van der Waals surface area contributed by atoms with Crippen molar-refractivity contribution < 1.29 is 9.90 Å². The topological polar surface area (TPSA) is 72.2 Å². The SMILES string of the molecule is CSc1nc2sc(C)c(C)c2c(=O)n1C(C)C(=O)O. The molecule has 0 saturated heterocycles. The lowest BCUT2D eigenvalue weighted by atomic mass is 10.2. The normalized spacial score (nSPS) is 12.8. The molecule has 5 nitrogen and oxygen atoms in total. The third-order valence-electron chi connectivity index (χ3n) is 3.13. The van der Waals surface area contributed by atoms with Crippen LogP contribution in [0, 0.1) is 13.8 Å². The number of carbonyl (C=O) groups is 1. The highest BCUT2D eigenvalue weighted by molar-refractivity contribution is 7.98. The smallest absolute Gasteiger partial charge is 0.326 e. The summed E-state index contributed by atoms with van der Waals surface area (Å²) < 4.78 is 1.26. The number of aliphatic carboxylic acids is 1. The van der Waals surface area contributed by atoms with E-state index in [9.17, 15) is 9.59 Å². The Morgan fingerprint density at radius 1 is 1.47 bits per heavy atom. The minimum Gasteiger partial charge on any atom is -0.480 e. The number of aryl methyl sites for hydroxylation is 2. The standard InChI is InChI=1S/C12H14N2O3S2/c1-5-7(3)19-9-8(5)10(15)14(6(2)11(16)17)12(13-9)18-4/h6H,1-4H3,(H,16,17). The van der Waals surface area contributed by atoms with Crippen LogP contribution < -0.4 is 5.56 Å². The van der Waals surface area contributed by atoms with Crippen LogP contribution in [0.15, 0.2) is 9.95 Å². The molecule has 7 heteroatoms. The molecule has 1 unspecified atom stereocenters. The number of fused-ring (bicyclic) bond motifs is 1. The Balaban J connectivity index is 2.89. The first-order valence-corrected chi connectivity index (χ1v) is 7.71. The quantitative estimate of drug-likeness (QED) is 0.696. The summed E-state index contributed by atoms with van der Waals surface area (Å²) >= 11 is 2.75. The van der Waals surface area contributed by atoms with E-state index in [-0.39, 0.29) is 5.56 Å². The molecule has 0 aliphatic rings. The summed E-state index contributed by atoms with van der Waals surface area (Å²) in [5.74, 6) is -1.04. The number of carboxylic acid groups (broad SMARTS) is 1. The second kappa shape index (κ2) is 4.97. The Hall–Kier alpha value is -1.34. The molecular formula is C12H14N2O3S2. The van der Waals surface area contributed by atoms with Crippen LogP contribution in [0.2, 0.25) is 0 Å². The molecule has 0 spiro atoms. The van der Waals surface area contributed by atoms with Crippen molar-refractivity contribution in [2.45, 2.75) is 32.0 Å². The molecule has 0 amide bonds. The van der Waals surface area contributed by atoms with Crippen molar-refractivity contribution in [2.24, 2.45) is 0 Å². The summed E-state index contributed by atoms with van der Waals surface area (Å²) in [6.07, 6.45) is 1.78. The predicted molar refractivity (Wildman–Crippen MR) is 77.5 cm³/mol. The summed E-state index contributed by atoms with van der Waals surface area (Å²) in [7, 11) is 0. The fourth-order valence-corrected chi connectivity index (χ4v) is 3.58. The number of thioether (sulfide) groups is 1. The number of thiophene rings is 1. The van der Waals surface area contributed by atoms with Gasteiger partial charge in [0.15, 0.2) is 5.16 Å². The van der Waals surface area contributed by atoms with Gasteiger partial charge in [-0.25, -0.2) is 9.78 Å². The van der Waals surface area contributed by atoms with Gasteiger partial charge in [-0.05, 0) is 32.6 Å². The lowest BCUT2D eigenvalue weighted by Gasteiger charge is -2.14. The first-order chi connectivity index (χ1) is 8.88. The van der Waals surface area contributed by atoms with E-state index in [0.29, 0.717) is 15.4 Å². The molecule has 0 saturated carbocycles. The third-order valence-corrected chi connectivity index (χ3v) is 4.88. The van der Waals surface area contributed by atoms with E-state index in [1.54, 1.807) is 6.26 Å². The van der Waals surface area contributed by atoms with Crippen molar-refractivity contribution in [3.8, 4) is 0 Å². The van der Waals surface area contributed by atoms with E-state index in [1.165, 1.54) is 34.6 Å². The summed E-state index contributed by atoms with van der Waals surface area (Å²) in [4.78, 5) is 29.8. The molecule has 102 valence electrons. The molecule has 2 heterocycles. The van der Waals surface area contributed by atoms with Gasteiger partial charge in [0.05, 0.1) is 5.39 Å². The highest BCUT2D eigenvalue weighted by Gasteiger charge is 2.22. The van der Waals surface area contributed by atoms with Gasteiger partial charge in [0.25, 0.3) is 5.56 Å². The van der Waals surface area contributed by atoms with Crippen LogP contribution in [0.25, 0.3) is 10.2 Å². The van der Waals surface area contributed by atoms with E-state index >= 15 is 0 Å². The summed E-state index contributed by atoms with van der Waals surface area (Å²) in [5, 5.41) is 10.1. The first kappa shape index (κ1) is 14.1. The van der Waals surface area contributed by atoms with Crippen molar-refractivity contribution in [1.82, 2.24) is 9.55 Å². The summed E-state index contributed by atoms with van der Waals surface area (Å²) in [5.41, 5.74) is 0.614. The van der Waals surface area contributed by atoms with Crippen molar-refractivity contribution in [1.29, 1.82) is 0 Å². The van der Waals surface area contributed by atoms with Crippen LogP contribution in [0.5, 0.6) is 0 Å². The molecule has 0 radical (unpaired) electrons. The maximum atomic E-state index is 12.5. The van der Waals surface area contributed by atoms with Gasteiger partial charge in [-0.1, -0.05) is 11.8 Å².